The van der Waals surface area contributed by atoms with Crippen molar-refractivity contribution in [3.8, 4) is 5.75 Å². The first kappa shape index (κ1) is 15.5. The van der Waals surface area contributed by atoms with E-state index in [0.717, 1.165) is 18.7 Å². The zero-order valence-corrected chi connectivity index (χ0v) is 12.7. The van der Waals surface area contributed by atoms with Crippen LogP contribution in [0.15, 0.2) is 48.5 Å². The lowest BCUT2D eigenvalue weighted by atomic mass is 10.1. The van der Waals surface area contributed by atoms with Crippen molar-refractivity contribution in [2.24, 2.45) is 0 Å². The first-order valence-corrected chi connectivity index (χ1v) is 7.71. The Hall–Kier alpha value is -2.40. The van der Waals surface area contributed by atoms with Gasteiger partial charge in [-0.1, -0.05) is 18.2 Å². The van der Waals surface area contributed by atoms with Gasteiger partial charge in [-0.05, 0) is 35.9 Å². The molecule has 120 valence electrons. The molecule has 0 saturated heterocycles. The van der Waals surface area contributed by atoms with Crippen molar-refractivity contribution in [3.05, 3.63) is 65.5 Å². The number of benzene rings is 2. The molecule has 2 N–H and O–H groups in total. The number of hydrogen-bond acceptors (Lipinski definition) is 3. The average molecular weight is 314 g/mol. The van der Waals surface area contributed by atoms with Crippen LogP contribution in [-0.2, 0) is 6.42 Å². The Labute approximate surface area is 134 Å². The number of nitrogens with one attached hydrogen (secondary N) is 2. The van der Waals surface area contributed by atoms with Gasteiger partial charge in [-0.3, -0.25) is 4.79 Å². The van der Waals surface area contributed by atoms with E-state index in [1.807, 2.05) is 18.2 Å². The second kappa shape index (κ2) is 7.24. The van der Waals surface area contributed by atoms with Crippen LogP contribution in [0, 0.1) is 5.82 Å². The van der Waals surface area contributed by atoms with Gasteiger partial charge in [0.25, 0.3) is 5.91 Å². The number of para-hydroxylation sites is 1. The number of ether oxygens (including phenoxy) is 1. The van der Waals surface area contributed by atoms with Gasteiger partial charge in [0.2, 0.25) is 0 Å². The molecule has 23 heavy (non-hydrogen) atoms. The summed E-state index contributed by atoms with van der Waals surface area (Å²) in [7, 11) is 0. The molecule has 1 amide bonds. The van der Waals surface area contributed by atoms with Gasteiger partial charge in [0, 0.05) is 31.6 Å². The Bertz CT molecular complexity index is 648. The van der Waals surface area contributed by atoms with E-state index in [1.165, 1.54) is 29.8 Å². The minimum atomic E-state index is -0.347. The molecule has 1 atom stereocenters. The van der Waals surface area contributed by atoms with Gasteiger partial charge in [0.1, 0.15) is 17.7 Å². The van der Waals surface area contributed by atoms with Gasteiger partial charge in [0.15, 0.2) is 0 Å². The van der Waals surface area contributed by atoms with Crippen LogP contribution in [0.4, 0.5) is 4.39 Å². The second-order valence-electron chi connectivity index (χ2n) is 5.52. The van der Waals surface area contributed by atoms with Crippen molar-refractivity contribution in [2.75, 3.05) is 19.6 Å². The maximum Gasteiger partial charge on any atom is 0.251 e. The summed E-state index contributed by atoms with van der Waals surface area (Å²) < 4.78 is 18.6. The van der Waals surface area contributed by atoms with E-state index < -0.39 is 0 Å². The Morgan fingerprint density at radius 2 is 1.91 bits per heavy atom. The first-order valence-electron chi connectivity index (χ1n) is 7.71. The predicted molar refractivity (Wildman–Crippen MR) is 86.2 cm³/mol. The molecule has 1 heterocycles. The zero-order valence-electron chi connectivity index (χ0n) is 12.7. The fraction of sp³-hybridized carbons (Fsp3) is 0.278. The van der Waals surface area contributed by atoms with E-state index in [2.05, 4.69) is 16.7 Å². The molecule has 0 fully saturated rings. The van der Waals surface area contributed by atoms with Crippen molar-refractivity contribution in [1.82, 2.24) is 10.6 Å². The zero-order chi connectivity index (χ0) is 16.1. The highest BCUT2D eigenvalue weighted by Crippen LogP contribution is 2.27. The third-order valence-corrected chi connectivity index (χ3v) is 3.78. The number of amides is 1. The fourth-order valence-corrected chi connectivity index (χ4v) is 2.60. The highest BCUT2D eigenvalue weighted by atomic mass is 19.1. The van der Waals surface area contributed by atoms with Crippen molar-refractivity contribution < 1.29 is 13.9 Å². The molecule has 2 aromatic rings. The summed E-state index contributed by atoms with van der Waals surface area (Å²) in [5.41, 5.74) is 1.70. The van der Waals surface area contributed by atoms with E-state index in [9.17, 15) is 9.18 Å². The van der Waals surface area contributed by atoms with Crippen molar-refractivity contribution in [3.63, 3.8) is 0 Å². The number of carbonyl (C=O) groups excluding carboxylic acids is 1. The highest BCUT2D eigenvalue weighted by Gasteiger charge is 2.21. The van der Waals surface area contributed by atoms with E-state index >= 15 is 0 Å². The van der Waals surface area contributed by atoms with E-state index in [-0.39, 0.29) is 17.8 Å². The Balaban J connectivity index is 1.33. The quantitative estimate of drug-likeness (QED) is 0.803. The van der Waals surface area contributed by atoms with Crippen LogP contribution in [0.5, 0.6) is 5.75 Å². The van der Waals surface area contributed by atoms with Crippen molar-refractivity contribution >= 4 is 5.91 Å². The summed E-state index contributed by atoms with van der Waals surface area (Å²) in [6, 6.07) is 13.6. The number of rotatable bonds is 6. The van der Waals surface area contributed by atoms with Gasteiger partial charge in [-0.25, -0.2) is 4.39 Å². The van der Waals surface area contributed by atoms with Crippen LogP contribution in [0.25, 0.3) is 0 Å². The highest BCUT2D eigenvalue weighted by molar-refractivity contribution is 5.94. The molecule has 0 bridgehead atoms. The monoisotopic (exact) mass is 314 g/mol. The summed E-state index contributed by atoms with van der Waals surface area (Å²) in [5, 5.41) is 6.07. The first-order chi connectivity index (χ1) is 11.2. The van der Waals surface area contributed by atoms with Crippen molar-refractivity contribution in [2.45, 2.75) is 12.5 Å². The Kier molecular flexibility index (Phi) is 4.88. The standard InChI is InChI=1S/C18H19FN2O2/c19-15-7-5-13(6-8-15)18(22)21-10-9-20-12-16-11-14-3-1-2-4-17(14)23-16/h1-8,16,20H,9-12H2,(H,21,22)/t16-/m1/s1. The lowest BCUT2D eigenvalue weighted by molar-refractivity contribution is 0.0953. The number of carbonyl (C=O) groups is 1. The Morgan fingerprint density at radius 3 is 2.70 bits per heavy atom. The largest absolute Gasteiger partial charge is 0.488 e. The summed E-state index contributed by atoms with van der Waals surface area (Å²) >= 11 is 0. The van der Waals surface area contributed by atoms with E-state index in [0.29, 0.717) is 18.7 Å². The summed E-state index contributed by atoms with van der Waals surface area (Å²) in [6.07, 6.45) is 1.05. The van der Waals surface area contributed by atoms with Crippen LogP contribution >= 0.6 is 0 Å². The van der Waals surface area contributed by atoms with Gasteiger partial charge >= 0.3 is 0 Å². The molecule has 4 nitrogen and oxygen atoms in total. The molecule has 5 heteroatoms. The number of hydrogen-bond donors (Lipinski definition) is 2. The second-order valence-corrected chi connectivity index (χ2v) is 5.52. The van der Waals surface area contributed by atoms with E-state index in [1.54, 1.807) is 0 Å². The molecule has 2 aromatic carbocycles. The maximum atomic E-state index is 12.8. The third kappa shape index (κ3) is 4.07. The SMILES string of the molecule is O=C(NCCNC[C@H]1Cc2ccccc2O1)c1ccc(F)cc1. The average Bonchev–Trinajstić information content (AvgIpc) is 2.97. The summed E-state index contributed by atoms with van der Waals surface area (Å²) in [6.45, 7) is 1.90. The van der Waals surface area contributed by atoms with Crippen LogP contribution in [0.1, 0.15) is 15.9 Å². The molecule has 1 aliphatic heterocycles. The molecule has 0 spiro atoms. The van der Waals surface area contributed by atoms with Crippen LogP contribution < -0.4 is 15.4 Å². The lowest BCUT2D eigenvalue weighted by Crippen LogP contribution is -2.36. The summed E-state index contributed by atoms with van der Waals surface area (Å²) in [5.74, 6) is 0.418. The maximum absolute atomic E-state index is 12.8. The number of fused-ring (bicyclic) bond motifs is 1. The minimum Gasteiger partial charge on any atom is -0.488 e. The third-order valence-electron chi connectivity index (χ3n) is 3.78. The molecular weight excluding hydrogens is 295 g/mol. The smallest absolute Gasteiger partial charge is 0.251 e. The van der Waals surface area contributed by atoms with Gasteiger partial charge in [-0.15, -0.1) is 0 Å². The molecule has 0 aliphatic carbocycles. The molecular formula is C18H19FN2O2. The normalized spacial score (nSPS) is 15.8. The molecule has 0 saturated carbocycles. The van der Waals surface area contributed by atoms with Gasteiger partial charge in [0.05, 0.1) is 0 Å². The van der Waals surface area contributed by atoms with E-state index in [4.69, 9.17) is 4.74 Å². The van der Waals surface area contributed by atoms with Gasteiger partial charge < -0.3 is 15.4 Å². The van der Waals surface area contributed by atoms with Crippen LogP contribution in [-0.4, -0.2) is 31.6 Å². The molecule has 0 aromatic heterocycles. The molecule has 0 unspecified atom stereocenters. The Morgan fingerprint density at radius 1 is 1.13 bits per heavy atom. The molecule has 3 rings (SSSR count). The van der Waals surface area contributed by atoms with Crippen LogP contribution in [0.2, 0.25) is 0 Å². The lowest BCUT2D eigenvalue weighted by Gasteiger charge is -2.12. The molecule has 1 aliphatic rings. The minimum absolute atomic E-state index is 0.139. The van der Waals surface area contributed by atoms with Crippen molar-refractivity contribution in [1.29, 1.82) is 0 Å². The van der Waals surface area contributed by atoms with Crippen LogP contribution in [0.3, 0.4) is 0 Å². The fourth-order valence-electron chi connectivity index (χ4n) is 2.60. The predicted octanol–water partition coefficient (Wildman–Crippen LogP) is 2.15. The van der Waals surface area contributed by atoms with Gasteiger partial charge in [-0.2, -0.15) is 0 Å². The molecule has 0 radical (unpaired) electrons. The summed E-state index contributed by atoms with van der Waals surface area (Å²) in [4.78, 5) is 11.8. The topological polar surface area (TPSA) is 50.4 Å². The number of halogens is 1.